The van der Waals surface area contributed by atoms with E-state index in [0.29, 0.717) is 24.2 Å². The van der Waals surface area contributed by atoms with Gasteiger partial charge in [-0.1, -0.05) is 0 Å². The van der Waals surface area contributed by atoms with Gasteiger partial charge in [0.1, 0.15) is 0 Å². The molecule has 1 saturated heterocycles. The van der Waals surface area contributed by atoms with Crippen molar-refractivity contribution in [3.05, 3.63) is 29.8 Å². The zero-order valence-corrected chi connectivity index (χ0v) is 13.7. The van der Waals surface area contributed by atoms with E-state index in [2.05, 4.69) is 11.0 Å². The summed E-state index contributed by atoms with van der Waals surface area (Å²) in [5, 5.41) is 8.83. The van der Waals surface area contributed by atoms with E-state index in [1.54, 1.807) is 29.2 Å². The number of piperazine rings is 1. The number of hydrogen-bond acceptors (Lipinski definition) is 4. The number of carbonyl (C=O) groups is 2. The zero-order valence-electron chi connectivity index (χ0n) is 13.7. The molecular weight excluding hydrogens is 292 g/mol. The third-order valence-electron chi connectivity index (χ3n) is 4.09. The van der Waals surface area contributed by atoms with E-state index in [9.17, 15) is 9.59 Å². The molecule has 0 spiro atoms. The number of likely N-dealkylation sites (N-methyl/N-ethyl adjacent to an activating group) is 1. The van der Waals surface area contributed by atoms with Crippen LogP contribution in [-0.4, -0.2) is 61.4 Å². The Morgan fingerprint density at radius 2 is 1.78 bits per heavy atom. The summed E-state index contributed by atoms with van der Waals surface area (Å²) in [7, 11) is 2.05. The molecule has 2 amide bonds. The zero-order chi connectivity index (χ0) is 16.8. The van der Waals surface area contributed by atoms with Gasteiger partial charge in [0.05, 0.1) is 11.6 Å². The minimum absolute atomic E-state index is 0.0815. The highest BCUT2D eigenvalue weighted by Gasteiger charge is 2.20. The molecular formula is C17H22N4O2. The Bertz CT molecular complexity index is 598. The molecule has 0 aromatic heterocycles. The third-order valence-corrected chi connectivity index (χ3v) is 4.09. The molecule has 23 heavy (non-hydrogen) atoms. The largest absolute Gasteiger partial charge is 0.340 e. The maximum atomic E-state index is 12.3. The lowest BCUT2D eigenvalue weighted by Crippen LogP contribution is -2.47. The van der Waals surface area contributed by atoms with Crippen molar-refractivity contribution in [2.24, 2.45) is 0 Å². The SMILES string of the molecule is CC(=O)N(CCC(=O)N1CCN(C)CC1)c1ccc(C#N)cc1. The molecule has 1 fully saturated rings. The van der Waals surface area contributed by atoms with Gasteiger partial charge in [0.15, 0.2) is 0 Å². The van der Waals surface area contributed by atoms with Crippen molar-refractivity contribution in [2.75, 3.05) is 44.7 Å². The molecule has 122 valence electrons. The van der Waals surface area contributed by atoms with Crippen LogP contribution in [0, 0.1) is 11.3 Å². The Morgan fingerprint density at radius 3 is 2.30 bits per heavy atom. The highest BCUT2D eigenvalue weighted by Crippen LogP contribution is 2.16. The maximum absolute atomic E-state index is 12.3. The van der Waals surface area contributed by atoms with Crippen molar-refractivity contribution >= 4 is 17.5 Å². The molecule has 0 unspecified atom stereocenters. The van der Waals surface area contributed by atoms with Crippen LogP contribution in [-0.2, 0) is 9.59 Å². The molecule has 0 saturated carbocycles. The van der Waals surface area contributed by atoms with Gasteiger partial charge in [0.25, 0.3) is 0 Å². The van der Waals surface area contributed by atoms with Crippen LogP contribution in [0.25, 0.3) is 0 Å². The van der Waals surface area contributed by atoms with Gasteiger partial charge in [0, 0.05) is 51.8 Å². The van der Waals surface area contributed by atoms with Gasteiger partial charge in [-0.15, -0.1) is 0 Å². The van der Waals surface area contributed by atoms with E-state index in [4.69, 9.17) is 5.26 Å². The standard InChI is InChI=1S/C17H22N4O2/c1-14(22)21(16-5-3-15(13-18)4-6-16)8-7-17(23)20-11-9-19(2)10-12-20/h3-6H,7-12H2,1-2H3. The molecule has 0 N–H and O–H groups in total. The normalized spacial score (nSPS) is 15.1. The first-order chi connectivity index (χ1) is 11.0. The summed E-state index contributed by atoms with van der Waals surface area (Å²) in [6.45, 7) is 5.10. The molecule has 1 aromatic carbocycles. The van der Waals surface area contributed by atoms with Gasteiger partial charge in [-0.05, 0) is 31.3 Å². The van der Waals surface area contributed by atoms with Crippen molar-refractivity contribution in [1.29, 1.82) is 5.26 Å². The van der Waals surface area contributed by atoms with E-state index >= 15 is 0 Å². The second-order valence-corrected chi connectivity index (χ2v) is 5.76. The van der Waals surface area contributed by atoms with Gasteiger partial charge in [-0.25, -0.2) is 0 Å². The predicted molar refractivity (Wildman–Crippen MR) is 87.9 cm³/mol. The Hall–Kier alpha value is -2.39. The Morgan fingerprint density at radius 1 is 1.17 bits per heavy atom. The third kappa shape index (κ3) is 4.54. The van der Waals surface area contributed by atoms with Crippen LogP contribution in [0.4, 0.5) is 5.69 Å². The van der Waals surface area contributed by atoms with Crippen LogP contribution in [0.3, 0.4) is 0 Å². The van der Waals surface area contributed by atoms with Gasteiger partial charge >= 0.3 is 0 Å². The Balaban J connectivity index is 1.95. The second-order valence-electron chi connectivity index (χ2n) is 5.76. The quantitative estimate of drug-likeness (QED) is 0.834. The summed E-state index contributed by atoms with van der Waals surface area (Å²) in [4.78, 5) is 29.8. The molecule has 0 aliphatic carbocycles. The topological polar surface area (TPSA) is 67.7 Å². The Labute approximate surface area is 136 Å². The number of amides is 2. The molecule has 0 bridgehead atoms. The van der Waals surface area contributed by atoms with E-state index in [0.717, 1.165) is 26.2 Å². The number of benzene rings is 1. The van der Waals surface area contributed by atoms with Crippen molar-refractivity contribution in [2.45, 2.75) is 13.3 Å². The van der Waals surface area contributed by atoms with Gasteiger partial charge < -0.3 is 14.7 Å². The number of hydrogen-bond donors (Lipinski definition) is 0. The summed E-state index contributed by atoms with van der Waals surface area (Å²) >= 11 is 0. The number of rotatable bonds is 4. The van der Waals surface area contributed by atoms with E-state index < -0.39 is 0 Å². The van der Waals surface area contributed by atoms with Gasteiger partial charge in [-0.2, -0.15) is 5.26 Å². The fraction of sp³-hybridized carbons (Fsp3) is 0.471. The van der Waals surface area contributed by atoms with E-state index in [1.165, 1.54) is 6.92 Å². The second kappa shape index (κ2) is 7.75. The average molecular weight is 314 g/mol. The van der Waals surface area contributed by atoms with Crippen LogP contribution in [0.1, 0.15) is 18.9 Å². The number of anilines is 1. The predicted octanol–water partition coefficient (Wildman–Crippen LogP) is 1.08. The molecule has 1 aliphatic rings. The number of nitriles is 1. The van der Waals surface area contributed by atoms with Gasteiger partial charge in [-0.3, -0.25) is 9.59 Å². The highest BCUT2D eigenvalue weighted by atomic mass is 16.2. The lowest BCUT2D eigenvalue weighted by atomic mass is 10.2. The first kappa shape index (κ1) is 17.0. The van der Waals surface area contributed by atoms with E-state index in [-0.39, 0.29) is 11.8 Å². The first-order valence-electron chi connectivity index (χ1n) is 7.76. The van der Waals surface area contributed by atoms with E-state index in [1.807, 2.05) is 11.9 Å². The van der Waals surface area contributed by atoms with Gasteiger partial charge in [0.2, 0.25) is 11.8 Å². The lowest BCUT2D eigenvalue weighted by Gasteiger charge is -2.33. The molecule has 0 atom stereocenters. The fourth-order valence-corrected chi connectivity index (χ4v) is 2.61. The molecule has 2 rings (SSSR count). The summed E-state index contributed by atoms with van der Waals surface area (Å²) in [6, 6.07) is 8.87. The summed E-state index contributed by atoms with van der Waals surface area (Å²) in [5.74, 6) is -0.0288. The van der Waals surface area contributed by atoms with Crippen LogP contribution in [0.5, 0.6) is 0 Å². The van der Waals surface area contributed by atoms with Crippen molar-refractivity contribution in [3.63, 3.8) is 0 Å². The lowest BCUT2D eigenvalue weighted by molar-refractivity contribution is -0.132. The van der Waals surface area contributed by atoms with Crippen LogP contribution >= 0.6 is 0 Å². The minimum atomic E-state index is -0.110. The first-order valence-corrected chi connectivity index (χ1v) is 7.76. The average Bonchev–Trinajstić information content (AvgIpc) is 2.55. The monoisotopic (exact) mass is 314 g/mol. The molecule has 1 aliphatic heterocycles. The van der Waals surface area contributed by atoms with Crippen molar-refractivity contribution in [3.8, 4) is 6.07 Å². The highest BCUT2D eigenvalue weighted by molar-refractivity contribution is 5.92. The molecule has 6 nitrogen and oxygen atoms in total. The van der Waals surface area contributed by atoms with Crippen LogP contribution in [0.2, 0.25) is 0 Å². The summed E-state index contributed by atoms with van der Waals surface area (Å²) in [5.41, 5.74) is 1.26. The summed E-state index contributed by atoms with van der Waals surface area (Å²) < 4.78 is 0. The van der Waals surface area contributed by atoms with Crippen LogP contribution in [0.15, 0.2) is 24.3 Å². The summed E-state index contributed by atoms with van der Waals surface area (Å²) in [6.07, 6.45) is 0.309. The fourth-order valence-electron chi connectivity index (χ4n) is 2.61. The van der Waals surface area contributed by atoms with Crippen molar-refractivity contribution in [1.82, 2.24) is 9.80 Å². The molecule has 0 radical (unpaired) electrons. The van der Waals surface area contributed by atoms with Crippen molar-refractivity contribution < 1.29 is 9.59 Å². The smallest absolute Gasteiger partial charge is 0.224 e. The number of carbonyl (C=O) groups excluding carboxylic acids is 2. The molecule has 1 aromatic rings. The Kier molecular flexibility index (Phi) is 5.72. The van der Waals surface area contributed by atoms with Crippen LogP contribution < -0.4 is 4.90 Å². The minimum Gasteiger partial charge on any atom is -0.340 e. The molecule has 1 heterocycles. The molecule has 6 heteroatoms. The maximum Gasteiger partial charge on any atom is 0.224 e. The number of nitrogens with zero attached hydrogens (tertiary/aromatic N) is 4.